The summed E-state index contributed by atoms with van der Waals surface area (Å²) in [6.45, 7) is 3.50. The van der Waals surface area contributed by atoms with Crippen molar-refractivity contribution in [2.75, 3.05) is 31.1 Å². The van der Waals surface area contributed by atoms with Crippen molar-refractivity contribution < 1.29 is 9.59 Å². The van der Waals surface area contributed by atoms with Gasteiger partial charge in [0.2, 0.25) is 5.91 Å². The van der Waals surface area contributed by atoms with Gasteiger partial charge in [-0.15, -0.1) is 0 Å². The molecule has 0 aromatic carbocycles. The minimum Gasteiger partial charge on any atom is -0.353 e. The second kappa shape index (κ2) is 8.22. The number of piperazine rings is 1. The molecule has 5 heterocycles. The SMILES string of the molecule is O=C(C1Cn2cccc2C(=O)N1Cc1cccnc1)N1CCN(c2ccccn2)CC1. The zero-order valence-corrected chi connectivity index (χ0v) is 17.2. The molecule has 158 valence electrons. The second-order valence-corrected chi connectivity index (χ2v) is 7.86. The third-order valence-electron chi connectivity index (χ3n) is 5.98. The Bertz CT molecular complexity index is 1060. The highest BCUT2D eigenvalue weighted by Crippen LogP contribution is 2.23. The van der Waals surface area contributed by atoms with Gasteiger partial charge in [-0.25, -0.2) is 4.98 Å². The summed E-state index contributed by atoms with van der Waals surface area (Å²) in [4.78, 5) is 41.1. The van der Waals surface area contributed by atoms with Crippen LogP contribution in [0.3, 0.4) is 0 Å². The van der Waals surface area contributed by atoms with Crippen molar-refractivity contribution in [1.82, 2.24) is 24.3 Å². The molecule has 0 N–H and O–H groups in total. The summed E-state index contributed by atoms with van der Waals surface area (Å²) in [5.74, 6) is 0.806. The molecule has 1 atom stereocenters. The lowest BCUT2D eigenvalue weighted by atomic mass is 10.1. The van der Waals surface area contributed by atoms with E-state index in [4.69, 9.17) is 0 Å². The summed E-state index contributed by atoms with van der Waals surface area (Å²) in [7, 11) is 0. The molecule has 0 spiro atoms. The van der Waals surface area contributed by atoms with Crippen molar-refractivity contribution in [3.63, 3.8) is 0 Å². The normalized spacial score (nSPS) is 18.8. The van der Waals surface area contributed by atoms with Crippen LogP contribution in [0.2, 0.25) is 0 Å². The number of carbonyl (C=O) groups is 2. The first-order chi connectivity index (χ1) is 15.2. The molecule has 3 aromatic rings. The van der Waals surface area contributed by atoms with Gasteiger partial charge in [0, 0.05) is 57.5 Å². The van der Waals surface area contributed by atoms with Crippen molar-refractivity contribution >= 4 is 17.6 Å². The summed E-state index contributed by atoms with van der Waals surface area (Å²) in [5.41, 5.74) is 1.53. The predicted molar refractivity (Wildman–Crippen MR) is 115 cm³/mol. The molecule has 0 saturated carbocycles. The fraction of sp³-hybridized carbons (Fsp3) is 0.304. The number of pyridine rings is 2. The van der Waals surface area contributed by atoms with Gasteiger partial charge in [-0.05, 0) is 35.9 Å². The Kier molecular flexibility index (Phi) is 5.11. The molecule has 0 radical (unpaired) electrons. The van der Waals surface area contributed by atoms with Crippen LogP contribution in [0.15, 0.2) is 67.3 Å². The average Bonchev–Trinajstić information content (AvgIpc) is 3.31. The molecule has 0 aliphatic carbocycles. The molecule has 2 aliphatic heterocycles. The van der Waals surface area contributed by atoms with Crippen molar-refractivity contribution in [3.05, 3.63) is 78.5 Å². The Hall–Kier alpha value is -3.68. The third kappa shape index (κ3) is 3.76. The molecule has 2 aliphatic rings. The number of hydrogen-bond donors (Lipinski definition) is 0. The smallest absolute Gasteiger partial charge is 0.271 e. The molecule has 1 fully saturated rings. The van der Waals surface area contributed by atoms with Gasteiger partial charge >= 0.3 is 0 Å². The number of amides is 2. The molecule has 0 bridgehead atoms. The summed E-state index contributed by atoms with van der Waals surface area (Å²) in [6.07, 6.45) is 7.10. The average molecular weight is 416 g/mol. The molecular weight excluding hydrogens is 392 g/mol. The van der Waals surface area contributed by atoms with Crippen molar-refractivity contribution in [2.45, 2.75) is 19.1 Å². The maximum absolute atomic E-state index is 13.5. The first-order valence-electron chi connectivity index (χ1n) is 10.5. The van der Waals surface area contributed by atoms with Crippen LogP contribution in [0.25, 0.3) is 0 Å². The van der Waals surface area contributed by atoms with E-state index in [0.717, 1.165) is 24.5 Å². The van der Waals surface area contributed by atoms with Crippen LogP contribution in [0.5, 0.6) is 0 Å². The lowest BCUT2D eigenvalue weighted by Crippen LogP contribution is -2.58. The van der Waals surface area contributed by atoms with E-state index in [1.54, 1.807) is 23.5 Å². The fourth-order valence-electron chi connectivity index (χ4n) is 4.33. The maximum atomic E-state index is 13.5. The molecular formula is C23H24N6O2. The van der Waals surface area contributed by atoms with Crippen LogP contribution in [0.4, 0.5) is 5.82 Å². The molecule has 1 unspecified atom stereocenters. The number of fused-ring (bicyclic) bond motifs is 1. The first-order valence-corrected chi connectivity index (χ1v) is 10.5. The molecule has 3 aromatic heterocycles. The third-order valence-corrected chi connectivity index (χ3v) is 5.98. The van der Waals surface area contributed by atoms with Crippen molar-refractivity contribution in [3.8, 4) is 0 Å². The highest BCUT2D eigenvalue weighted by molar-refractivity contribution is 5.97. The van der Waals surface area contributed by atoms with Crippen LogP contribution in [0, 0.1) is 0 Å². The van der Waals surface area contributed by atoms with Crippen LogP contribution in [0.1, 0.15) is 16.1 Å². The van der Waals surface area contributed by atoms with Gasteiger partial charge in [-0.3, -0.25) is 14.6 Å². The Labute approximate surface area is 180 Å². The van der Waals surface area contributed by atoms with Gasteiger partial charge < -0.3 is 19.3 Å². The molecule has 31 heavy (non-hydrogen) atoms. The number of nitrogens with zero attached hydrogens (tertiary/aromatic N) is 6. The van der Waals surface area contributed by atoms with Gasteiger partial charge in [-0.2, -0.15) is 0 Å². The minimum absolute atomic E-state index is 0.00254. The van der Waals surface area contributed by atoms with E-state index >= 15 is 0 Å². The molecule has 2 amide bonds. The predicted octanol–water partition coefficient (Wildman–Crippen LogP) is 1.65. The van der Waals surface area contributed by atoms with E-state index in [9.17, 15) is 9.59 Å². The Morgan fingerprint density at radius 2 is 1.87 bits per heavy atom. The summed E-state index contributed by atoms with van der Waals surface area (Å²) in [6, 6.07) is 12.8. The van der Waals surface area contributed by atoms with Gasteiger partial charge in [0.15, 0.2) is 0 Å². The van der Waals surface area contributed by atoms with E-state index in [2.05, 4.69) is 14.9 Å². The van der Waals surface area contributed by atoms with Crippen molar-refractivity contribution in [2.24, 2.45) is 0 Å². The summed E-state index contributed by atoms with van der Waals surface area (Å²) >= 11 is 0. The fourth-order valence-corrected chi connectivity index (χ4v) is 4.33. The van der Waals surface area contributed by atoms with E-state index in [-0.39, 0.29) is 11.8 Å². The summed E-state index contributed by atoms with van der Waals surface area (Å²) in [5, 5.41) is 0. The molecule has 1 saturated heterocycles. The number of hydrogen-bond acceptors (Lipinski definition) is 5. The number of carbonyl (C=O) groups excluding carboxylic acids is 2. The van der Waals surface area contributed by atoms with Gasteiger partial charge in [0.05, 0.1) is 6.54 Å². The number of aromatic nitrogens is 3. The van der Waals surface area contributed by atoms with E-state index in [0.29, 0.717) is 31.9 Å². The summed E-state index contributed by atoms with van der Waals surface area (Å²) < 4.78 is 1.88. The lowest BCUT2D eigenvalue weighted by Gasteiger charge is -2.41. The zero-order valence-electron chi connectivity index (χ0n) is 17.2. The molecule has 8 nitrogen and oxygen atoms in total. The van der Waals surface area contributed by atoms with Crippen LogP contribution in [-0.2, 0) is 17.9 Å². The van der Waals surface area contributed by atoms with Gasteiger partial charge in [-0.1, -0.05) is 12.1 Å². The van der Waals surface area contributed by atoms with Crippen molar-refractivity contribution in [1.29, 1.82) is 0 Å². The quantitative estimate of drug-likeness (QED) is 0.647. The Balaban J connectivity index is 1.34. The van der Waals surface area contributed by atoms with Crippen LogP contribution < -0.4 is 4.90 Å². The zero-order chi connectivity index (χ0) is 21.2. The number of rotatable bonds is 4. The van der Waals surface area contributed by atoms with Crippen LogP contribution >= 0.6 is 0 Å². The van der Waals surface area contributed by atoms with Gasteiger partial charge in [0.25, 0.3) is 5.91 Å². The maximum Gasteiger partial charge on any atom is 0.271 e. The van der Waals surface area contributed by atoms with E-state index in [1.807, 2.05) is 58.1 Å². The highest BCUT2D eigenvalue weighted by atomic mass is 16.2. The monoisotopic (exact) mass is 416 g/mol. The first kappa shape index (κ1) is 19.3. The number of anilines is 1. The minimum atomic E-state index is -0.533. The Morgan fingerprint density at radius 1 is 1.00 bits per heavy atom. The van der Waals surface area contributed by atoms with Gasteiger partial charge in [0.1, 0.15) is 17.6 Å². The standard InChI is InChI=1S/C23H24N6O2/c30-22(27-13-11-26(12-14-27)21-7-1-2-9-25-21)20-17-28-10-4-6-19(28)23(31)29(20)16-18-5-3-8-24-15-18/h1-10,15,20H,11-14,16-17H2. The lowest BCUT2D eigenvalue weighted by molar-refractivity contribution is -0.137. The Morgan fingerprint density at radius 3 is 2.61 bits per heavy atom. The second-order valence-electron chi connectivity index (χ2n) is 7.86. The largest absolute Gasteiger partial charge is 0.353 e. The van der Waals surface area contributed by atoms with E-state index in [1.165, 1.54) is 0 Å². The molecule has 8 heteroatoms. The topological polar surface area (TPSA) is 74.6 Å². The highest BCUT2D eigenvalue weighted by Gasteiger charge is 2.39. The van der Waals surface area contributed by atoms with E-state index < -0.39 is 6.04 Å². The van der Waals surface area contributed by atoms with Crippen LogP contribution in [-0.4, -0.2) is 68.4 Å². The molecule has 5 rings (SSSR count).